The molecule has 0 spiro atoms. The van der Waals surface area contributed by atoms with Crippen LogP contribution in [-0.4, -0.2) is 17.4 Å². The molecule has 6 nitrogen and oxygen atoms in total. The monoisotopic (exact) mass is 247 g/mol. The van der Waals surface area contributed by atoms with Gasteiger partial charge < -0.3 is 5.32 Å². The second kappa shape index (κ2) is 5.27. The van der Waals surface area contributed by atoms with E-state index in [9.17, 15) is 14.9 Å². The number of carbonyl (C=O) groups is 1. The van der Waals surface area contributed by atoms with E-state index in [1.807, 2.05) is 0 Å². The van der Waals surface area contributed by atoms with Gasteiger partial charge in [0.2, 0.25) is 0 Å². The van der Waals surface area contributed by atoms with E-state index in [0.717, 1.165) is 0 Å². The Labute approximate surface area is 104 Å². The van der Waals surface area contributed by atoms with Crippen molar-refractivity contribution < 1.29 is 9.72 Å². The molecule has 0 radical (unpaired) electrons. The van der Waals surface area contributed by atoms with Gasteiger partial charge in [0.15, 0.2) is 0 Å². The lowest BCUT2D eigenvalue weighted by Crippen LogP contribution is -2.33. The first kappa shape index (κ1) is 13.6. The smallest absolute Gasteiger partial charge is 0.270 e. The summed E-state index contributed by atoms with van der Waals surface area (Å²) in [4.78, 5) is 21.7. The molecule has 94 valence electrons. The molecule has 18 heavy (non-hydrogen) atoms. The average Bonchev–Trinajstić information content (AvgIpc) is 2.36. The van der Waals surface area contributed by atoms with E-state index >= 15 is 0 Å². The quantitative estimate of drug-likeness (QED) is 0.648. The molecule has 0 aliphatic rings. The first-order valence-electron chi connectivity index (χ1n) is 5.29. The van der Waals surface area contributed by atoms with Gasteiger partial charge in [-0.3, -0.25) is 14.9 Å². The number of benzene rings is 1. The van der Waals surface area contributed by atoms with Crippen LogP contribution in [0.3, 0.4) is 0 Å². The molecule has 0 saturated heterocycles. The summed E-state index contributed by atoms with van der Waals surface area (Å²) in [5.74, 6) is -0.429. The Hall–Kier alpha value is -2.42. The van der Waals surface area contributed by atoms with Crippen molar-refractivity contribution in [3.05, 3.63) is 39.9 Å². The van der Waals surface area contributed by atoms with Crippen molar-refractivity contribution in [2.45, 2.75) is 13.8 Å². The molecular weight excluding hydrogens is 234 g/mol. The number of nitriles is 1. The highest BCUT2D eigenvalue weighted by Gasteiger charge is 2.18. The number of nitrogens with one attached hydrogen (secondary N) is 1. The number of rotatable bonds is 4. The molecule has 1 aromatic carbocycles. The predicted octanol–water partition coefficient (Wildman–Crippen LogP) is 1.87. The normalized spacial score (nSPS) is 10.5. The van der Waals surface area contributed by atoms with E-state index in [0.29, 0.717) is 0 Å². The third-order valence-corrected chi connectivity index (χ3v) is 2.31. The Morgan fingerprint density at radius 2 is 2.22 bits per heavy atom. The van der Waals surface area contributed by atoms with Crippen LogP contribution in [0.1, 0.15) is 24.2 Å². The van der Waals surface area contributed by atoms with E-state index < -0.39 is 16.2 Å². The molecule has 0 aromatic heterocycles. The van der Waals surface area contributed by atoms with Crippen LogP contribution in [0.4, 0.5) is 5.69 Å². The highest BCUT2D eigenvalue weighted by atomic mass is 16.6. The van der Waals surface area contributed by atoms with Crippen molar-refractivity contribution in [3.63, 3.8) is 0 Å². The van der Waals surface area contributed by atoms with Gasteiger partial charge in [0.1, 0.15) is 0 Å². The third kappa shape index (κ3) is 3.56. The van der Waals surface area contributed by atoms with Crippen LogP contribution < -0.4 is 5.32 Å². The maximum Gasteiger partial charge on any atom is 0.270 e. The van der Waals surface area contributed by atoms with Crippen molar-refractivity contribution in [1.82, 2.24) is 5.32 Å². The fourth-order valence-corrected chi connectivity index (χ4v) is 1.20. The highest BCUT2D eigenvalue weighted by Crippen LogP contribution is 2.14. The van der Waals surface area contributed by atoms with Crippen LogP contribution in [0.15, 0.2) is 24.3 Å². The van der Waals surface area contributed by atoms with Crippen LogP contribution in [-0.2, 0) is 0 Å². The SMILES string of the molecule is CC(C)(C#N)CNC(=O)c1cccc([N+](=O)[O-])c1. The standard InChI is InChI=1S/C12H13N3O3/c1-12(2,7-13)8-14-11(16)9-4-3-5-10(6-9)15(17)18/h3-6H,8H2,1-2H3,(H,14,16). The number of nitrogens with zero attached hydrogens (tertiary/aromatic N) is 2. The van der Waals surface area contributed by atoms with Crippen LogP contribution >= 0.6 is 0 Å². The van der Waals surface area contributed by atoms with Gasteiger partial charge >= 0.3 is 0 Å². The van der Waals surface area contributed by atoms with Crippen molar-refractivity contribution in [3.8, 4) is 6.07 Å². The molecule has 1 amide bonds. The maximum absolute atomic E-state index is 11.7. The van der Waals surface area contributed by atoms with Gasteiger partial charge in [-0.2, -0.15) is 5.26 Å². The fourth-order valence-electron chi connectivity index (χ4n) is 1.20. The number of hydrogen-bond donors (Lipinski definition) is 1. The number of hydrogen-bond acceptors (Lipinski definition) is 4. The Kier molecular flexibility index (Phi) is 4.00. The number of non-ortho nitro benzene ring substituents is 1. The third-order valence-electron chi connectivity index (χ3n) is 2.31. The van der Waals surface area contributed by atoms with E-state index in [1.165, 1.54) is 24.3 Å². The van der Waals surface area contributed by atoms with Crippen LogP contribution in [0.2, 0.25) is 0 Å². The molecule has 0 fully saturated rings. The Morgan fingerprint density at radius 1 is 1.56 bits per heavy atom. The zero-order valence-corrected chi connectivity index (χ0v) is 10.1. The minimum Gasteiger partial charge on any atom is -0.350 e. The Morgan fingerprint density at radius 3 is 2.78 bits per heavy atom. The van der Waals surface area contributed by atoms with Gasteiger partial charge in [-0.25, -0.2) is 0 Å². The van der Waals surface area contributed by atoms with Crippen molar-refractivity contribution in [2.75, 3.05) is 6.54 Å². The zero-order chi connectivity index (χ0) is 13.8. The lowest BCUT2D eigenvalue weighted by atomic mass is 9.96. The number of nitro benzene ring substituents is 1. The van der Waals surface area contributed by atoms with E-state index in [-0.39, 0.29) is 17.8 Å². The molecule has 0 atom stereocenters. The number of amides is 1. The number of nitro groups is 1. The van der Waals surface area contributed by atoms with Crippen molar-refractivity contribution in [2.24, 2.45) is 5.41 Å². The van der Waals surface area contributed by atoms with E-state index in [2.05, 4.69) is 11.4 Å². The molecule has 1 N–H and O–H groups in total. The van der Waals surface area contributed by atoms with E-state index in [1.54, 1.807) is 13.8 Å². The first-order valence-corrected chi connectivity index (χ1v) is 5.29. The summed E-state index contributed by atoms with van der Waals surface area (Å²) in [5.41, 5.74) is -0.601. The van der Waals surface area contributed by atoms with Crippen LogP contribution in [0.5, 0.6) is 0 Å². The van der Waals surface area contributed by atoms with Crippen LogP contribution in [0.25, 0.3) is 0 Å². The van der Waals surface area contributed by atoms with Gasteiger partial charge in [-0.15, -0.1) is 0 Å². The molecule has 1 aromatic rings. The first-order chi connectivity index (χ1) is 8.35. The van der Waals surface area contributed by atoms with Gasteiger partial charge in [-0.05, 0) is 19.9 Å². The van der Waals surface area contributed by atoms with E-state index in [4.69, 9.17) is 5.26 Å². The fraction of sp³-hybridized carbons (Fsp3) is 0.333. The molecule has 0 saturated carbocycles. The summed E-state index contributed by atoms with van der Waals surface area (Å²) in [6.07, 6.45) is 0. The molecule has 1 rings (SSSR count). The second-order valence-corrected chi connectivity index (χ2v) is 4.49. The zero-order valence-electron chi connectivity index (χ0n) is 10.1. The molecule has 0 aliphatic heterocycles. The molecular formula is C12H13N3O3. The summed E-state index contributed by atoms with van der Waals surface area (Å²) in [6, 6.07) is 7.51. The van der Waals surface area contributed by atoms with Crippen molar-refractivity contribution >= 4 is 11.6 Å². The summed E-state index contributed by atoms with van der Waals surface area (Å²) in [5, 5.41) is 21.9. The molecule has 0 heterocycles. The van der Waals surface area contributed by atoms with Crippen molar-refractivity contribution in [1.29, 1.82) is 5.26 Å². The highest BCUT2D eigenvalue weighted by molar-refractivity contribution is 5.94. The average molecular weight is 247 g/mol. The lowest BCUT2D eigenvalue weighted by Gasteiger charge is -2.15. The van der Waals surface area contributed by atoms with Gasteiger partial charge in [-0.1, -0.05) is 6.07 Å². The molecule has 0 unspecified atom stereocenters. The summed E-state index contributed by atoms with van der Waals surface area (Å²) in [7, 11) is 0. The minimum absolute atomic E-state index is 0.137. The van der Waals surface area contributed by atoms with Gasteiger partial charge in [0, 0.05) is 24.2 Å². The molecule has 0 bridgehead atoms. The topological polar surface area (TPSA) is 96.0 Å². The largest absolute Gasteiger partial charge is 0.350 e. The summed E-state index contributed by atoms with van der Waals surface area (Å²) >= 11 is 0. The predicted molar refractivity (Wildman–Crippen MR) is 64.8 cm³/mol. The maximum atomic E-state index is 11.7. The summed E-state index contributed by atoms with van der Waals surface area (Å²) < 4.78 is 0. The van der Waals surface area contributed by atoms with Crippen LogP contribution in [0, 0.1) is 26.9 Å². The van der Waals surface area contributed by atoms with Gasteiger partial charge in [0.25, 0.3) is 11.6 Å². The molecule has 6 heteroatoms. The van der Waals surface area contributed by atoms with Gasteiger partial charge in [0.05, 0.1) is 16.4 Å². The Balaban J connectivity index is 2.77. The number of carbonyl (C=O) groups excluding carboxylic acids is 1. The molecule has 0 aliphatic carbocycles. The lowest BCUT2D eigenvalue weighted by molar-refractivity contribution is -0.384. The second-order valence-electron chi connectivity index (χ2n) is 4.49. The Bertz CT molecular complexity index is 518. The minimum atomic E-state index is -0.670. The summed E-state index contributed by atoms with van der Waals surface area (Å²) in [6.45, 7) is 3.58.